The first-order valence-corrected chi connectivity index (χ1v) is 8.14. The second-order valence-electron chi connectivity index (χ2n) is 7.13. The second kappa shape index (κ2) is 7.24. The first-order chi connectivity index (χ1) is 12.3. The van der Waals surface area contributed by atoms with Gasteiger partial charge in [-0.2, -0.15) is 13.2 Å². The topological polar surface area (TPSA) is 70.1 Å². The van der Waals surface area contributed by atoms with Gasteiger partial charge in [0.1, 0.15) is 17.5 Å². The van der Waals surface area contributed by atoms with Crippen molar-refractivity contribution in [3.8, 4) is 0 Å². The van der Waals surface area contributed by atoms with E-state index in [4.69, 9.17) is 4.74 Å². The number of anilines is 1. The minimum Gasteiger partial charge on any atom is -0.480 e. The molecule has 0 bridgehead atoms. The summed E-state index contributed by atoms with van der Waals surface area (Å²) < 4.78 is 58.2. The van der Waals surface area contributed by atoms with E-state index in [1.807, 2.05) is 0 Å². The number of halogens is 4. The number of carbonyl (C=O) groups is 2. The third-order valence-corrected chi connectivity index (χ3v) is 3.90. The van der Waals surface area contributed by atoms with Crippen molar-refractivity contribution in [3.05, 3.63) is 29.6 Å². The summed E-state index contributed by atoms with van der Waals surface area (Å²) in [5.41, 5.74) is -2.38. The highest BCUT2D eigenvalue weighted by molar-refractivity contribution is 5.81. The molecule has 0 spiro atoms. The molecule has 0 radical (unpaired) electrons. The predicted molar refractivity (Wildman–Crippen MR) is 88.0 cm³/mol. The molecule has 1 amide bonds. The number of alkyl halides is 3. The number of carboxylic acids is 1. The van der Waals surface area contributed by atoms with Gasteiger partial charge in [0.25, 0.3) is 0 Å². The number of benzene rings is 1. The number of piperazine rings is 1. The maximum absolute atomic E-state index is 13.3. The minimum absolute atomic E-state index is 0.0578. The van der Waals surface area contributed by atoms with Crippen LogP contribution in [0.5, 0.6) is 0 Å². The summed E-state index contributed by atoms with van der Waals surface area (Å²) in [6, 6.07) is 0.798. The highest BCUT2D eigenvalue weighted by Gasteiger charge is 2.41. The molecule has 10 heteroatoms. The summed E-state index contributed by atoms with van der Waals surface area (Å²) in [6.45, 7) is 4.25. The largest absolute Gasteiger partial charge is 0.480 e. The molecule has 6 nitrogen and oxygen atoms in total. The van der Waals surface area contributed by atoms with Crippen LogP contribution in [-0.2, 0) is 15.7 Å². The fraction of sp³-hybridized carbons (Fsp3) is 0.529. The van der Waals surface area contributed by atoms with Crippen molar-refractivity contribution in [2.45, 2.75) is 38.6 Å². The maximum atomic E-state index is 13.3. The van der Waals surface area contributed by atoms with Crippen LogP contribution in [-0.4, -0.2) is 53.3 Å². The van der Waals surface area contributed by atoms with Gasteiger partial charge in [-0.05, 0) is 39.0 Å². The SMILES string of the molecule is CC(C)(C)OC(=O)N1CCN(c2ccc(F)cc2C(F)(F)F)CC1C(=O)O. The Hall–Kier alpha value is -2.52. The average Bonchev–Trinajstić information content (AvgIpc) is 2.51. The Labute approximate surface area is 153 Å². The Morgan fingerprint density at radius 2 is 1.81 bits per heavy atom. The summed E-state index contributed by atoms with van der Waals surface area (Å²) in [7, 11) is 0. The van der Waals surface area contributed by atoms with Gasteiger partial charge in [0, 0.05) is 25.3 Å². The van der Waals surface area contributed by atoms with E-state index in [2.05, 4.69) is 0 Å². The van der Waals surface area contributed by atoms with Crippen LogP contribution in [0.15, 0.2) is 18.2 Å². The van der Waals surface area contributed by atoms with Crippen LogP contribution in [0.3, 0.4) is 0 Å². The zero-order valence-electron chi connectivity index (χ0n) is 15.0. The van der Waals surface area contributed by atoms with Gasteiger partial charge in [0.2, 0.25) is 0 Å². The molecule has 0 saturated carbocycles. The number of ether oxygens (including phenoxy) is 1. The van der Waals surface area contributed by atoms with E-state index in [9.17, 15) is 32.3 Å². The van der Waals surface area contributed by atoms with Gasteiger partial charge >= 0.3 is 18.2 Å². The number of carboxylic acid groups (broad SMARTS) is 1. The molecule has 150 valence electrons. The number of hydrogen-bond donors (Lipinski definition) is 1. The fourth-order valence-electron chi connectivity index (χ4n) is 2.76. The number of nitrogens with zero attached hydrogens (tertiary/aromatic N) is 2. The van der Waals surface area contributed by atoms with E-state index in [0.717, 1.165) is 17.0 Å². The molecular formula is C17H20F4N2O4. The number of hydrogen-bond acceptors (Lipinski definition) is 4. The summed E-state index contributed by atoms with van der Waals surface area (Å²) in [6.07, 6.45) is -5.66. The molecule has 1 saturated heterocycles. The number of aliphatic carboxylic acids is 1. The Morgan fingerprint density at radius 3 is 2.33 bits per heavy atom. The van der Waals surface area contributed by atoms with Gasteiger partial charge in [0.15, 0.2) is 0 Å². The van der Waals surface area contributed by atoms with Crippen molar-refractivity contribution in [1.29, 1.82) is 0 Å². The molecule has 0 aromatic heterocycles. The lowest BCUT2D eigenvalue weighted by Crippen LogP contribution is -2.59. The van der Waals surface area contributed by atoms with Crippen molar-refractivity contribution < 1.29 is 37.0 Å². The molecule has 1 aliphatic rings. The van der Waals surface area contributed by atoms with Crippen molar-refractivity contribution in [3.63, 3.8) is 0 Å². The molecule has 1 aromatic carbocycles. The maximum Gasteiger partial charge on any atom is 0.418 e. The van der Waals surface area contributed by atoms with E-state index < -0.39 is 41.3 Å². The molecule has 0 aliphatic carbocycles. The number of rotatable bonds is 2. The molecule has 1 aromatic rings. The molecule has 1 aliphatic heterocycles. The molecule has 2 rings (SSSR count). The smallest absolute Gasteiger partial charge is 0.418 e. The summed E-state index contributed by atoms with van der Waals surface area (Å²) >= 11 is 0. The van der Waals surface area contributed by atoms with Gasteiger partial charge in [-0.25, -0.2) is 14.0 Å². The first-order valence-electron chi connectivity index (χ1n) is 8.14. The standard InChI is InChI=1S/C17H20F4N2O4/c1-16(2,3)27-15(26)23-7-6-22(9-13(23)14(24)25)12-5-4-10(18)8-11(12)17(19,20)21/h4-5,8,13H,6-7,9H2,1-3H3,(H,24,25). The third kappa shape index (κ3) is 5.01. The van der Waals surface area contributed by atoms with Gasteiger partial charge in [-0.15, -0.1) is 0 Å². The van der Waals surface area contributed by atoms with Crippen LogP contribution in [0.25, 0.3) is 0 Å². The lowest BCUT2D eigenvalue weighted by Gasteiger charge is -2.41. The van der Waals surface area contributed by atoms with Crippen LogP contribution in [0.1, 0.15) is 26.3 Å². The van der Waals surface area contributed by atoms with Crippen LogP contribution in [0, 0.1) is 5.82 Å². The lowest BCUT2D eigenvalue weighted by atomic mass is 10.1. The Morgan fingerprint density at radius 1 is 1.19 bits per heavy atom. The van der Waals surface area contributed by atoms with Crippen LogP contribution in [0.4, 0.5) is 28.0 Å². The summed E-state index contributed by atoms with van der Waals surface area (Å²) in [5, 5.41) is 9.44. The molecule has 1 unspecified atom stereocenters. The number of carbonyl (C=O) groups excluding carboxylic acids is 1. The minimum atomic E-state index is -4.81. The Kier molecular flexibility index (Phi) is 5.58. The Bertz CT molecular complexity index is 731. The summed E-state index contributed by atoms with van der Waals surface area (Å²) in [5.74, 6) is -2.42. The monoisotopic (exact) mass is 392 g/mol. The second-order valence-corrected chi connectivity index (χ2v) is 7.13. The van der Waals surface area contributed by atoms with Crippen molar-refractivity contribution in [1.82, 2.24) is 4.90 Å². The zero-order valence-corrected chi connectivity index (χ0v) is 15.0. The van der Waals surface area contributed by atoms with Crippen LogP contribution >= 0.6 is 0 Å². The molecular weight excluding hydrogens is 372 g/mol. The van der Waals surface area contributed by atoms with Gasteiger partial charge in [-0.3, -0.25) is 4.90 Å². The fourth-order valence-corrected chi connectivity index (χ4v) is 2.76. The molecule has 1 atom stereocenters. The highest BCUT2D eigenvalue weighted by Crippen LogP contribution is 2.37. The van der Waals surface area contributed by atoms with Crippen molar-refractivity contribution in [2.24, 2.45) is 0 Å². The van der Waals surface area contributed by atoms with E-state index in [0.29, 0.717) is 6.07 Å². The van der Waals surface area contributed by atoms with Crippen LogP contribution < -0.4 is 4.90 Å². The van der Waals surface area contributed by atoms with E-state index in [1.54, 1.807) is 20.8 Å². The third-order valence-electron chi connectivity index (χ3n) is 3.90. The van der Waals surface area contributed by atoms with E-state index >= 15 is 0 Å². The normalized spacial score (nSPS) is 18.4. The molecule has 1 heterocycles. The first kappa shape index (κ1) is 20.8. The van der Waals surface area contributed by atoms with Gasteiger partial charge < -0.3 is 14.7 Å². The van der Waals surface area contributed by atoms with E-state index in [1.165, 1.54) is 4.90 Å². The lowest BCUT2D eigenvalue weighted by molar-refractivity contribution is -0.143. The average molecular weight is 392 g/mol. The zero-order chi connectivity index (χ0) is 20.6. The Balaban J connectivity index is 2.30. The quantitative estimate of drug-likeness (QED) is 0.782. The molecule has 1 N–H and O–H groups in total. The number of amides is 1. The van der Waals surface area contributed by atoms with Gasteiger partial charge in [0.05, 0.1) is 5.56 Å². The molecule has 27 heavy (non-hydrogen) atoms. The predicted octanol–water partition coefficient (Wildman–Crippen LogP) is 3.35. The van der Waals surface area contributed by atoms with Gasteiger partial charge in [-0.1, -0.05) is 0 Å². The van der Waals surface area contributed by atoms with Crippen molar-refractivity contribution >= 4 is 17.7 Å². The highest BCUT2D eigenvalue weighted by atomic mass is 19.4. The van der Waals surface area contributed by atoms with Crippen molar-refractivity contribution in [2.75, 3.05) is 24.5 Å². The van der Waals surface area contributed by atoms with E-state index in [-0.39, 0.29) is 25.3 Å². The summed E-state index contributed by atoms with van der Waals surface area (Å²) in [4.78, 5) is 26.0. The van der Waals surface area contributed by atoms with Crippen LogP contribution in [0.2, 0.25) is 0 Å². The molecule has 1 fully saturated rings.